The highest BCUT2D eigenvalue weighted by molar-refractivity contribution is 9.10. The lowest BCUT2D eigenvalue weighted by Gasteiger charge is -2.11. The van der Waals surface area contributed by atoms with E-state index in [1.54, 1.807) is 19.1 Å². The van der Waals surface area contributed by atoms with Crippen LogP contribution in [0.2, 0.25) is 5.15 Å². The molecule has 1 aromatic carbocycles. The van der Waals surface area contributed by atoms with Crippen LogP contribution < -0.4 is 4.74 Å². The van der Waals surface area contributed by atoms with Gasteiger partial charge in [-0.1, -0.05) is 27.5 Å². The number of hydrogen-bond acceptors (Lipinski definition) is 3. The van der Waals surface area contributed by atoms with Crippen LogP contribution in [0.25, 0.3) is 0 Å². The molecular formula is C14H11BrClFN2O. The van der Waals surface area contributed by atoms with Gasteiger partial charge in [-0.05, 0) is 38.0 Å². The van der Waals surface area contributed by atoms with Crippen LogP contribution in [-0.2, 0) is 0 Å². The zero-order valence-corrected chi connectivity index (χ0v) is 13.0. The van der Waals surface area contributed by atoms with Crippen LogP contribution in [0.3, 0.4) is 0 Å². The van der Waals surface area contributed by atoms with Crippen molar-refractivity contribution in [3.8, 4) is 11.6 Å². The Morgan fingerprint density at radius 1 is 1.35 bits per heavy atom. The Kier molecular flexibility index (Phi) is 3.65. The number of halogens is 3. The minimum atomic E-state index is -0.457. The largest absolute Gasteiger partial charge is 0.435 e. The van der Waals surface area contributed by atoms with Crippen molar-refractivity contribution in [1.29, 1.82) is 0 Å². The lowest BCUT2D eigenvalue weighted by atomic mass is 10.3. The van der Waals surface area contributed by atoms with Crippen LogP contribution in [0.1, 0.15) is 30.1 Å². The first-order chi connectivity index (χ1) is 9.54. The molecule has 20 heavy (non-hydrogen) atoms. The lowest BCUT2D eigenvalue weighted by molar-refractivity contribution is 0.421. The number of hydrogen-bond donors (Lipinski definition) is 0. The Morgan fingerprint density at radius 2 is 2.10 bits per heavy atom. The third-order valence-electron chi connectivity index (χ3n) is 3.10. The predicted molar refractivity (Wildman–Crippen MR) is 77.9 cm³/mol. The number of rotatable bonds is 3. The molecule has 1 aliphatic carbocycles. The second-order valence-corrected chi connectivity index (χ2v) is 6.03. The highest BCUT2D eigenvalue weighted by atomic mass is 79.9. The van der Waals surface area contributed by atoms with E-state index in [0.717, 1.165) is 12.8 Å². The van der Waals surface area contributed by atoms with Crippen LogP contribution in [0.15, 0.2) is 22.7 Å². The molecule has 1 saturated carbocycles. The molecule has 0 atom stereocenters. The summed E-state index contributed by atoms with van der Waals surface area (Å²) in [6.45, 7) is 1.76. The number of nitrogens with zero attached hydrogens (tertiary/aromatic N) is 2. The summed E-state index contributed by atoms with van der Waals surface area (Å²) in [5, 5.41) is 0.356. The summed E-state index contributed by atoms with van der Waals surface area (Å²) in [6.07, 6.45) is 2.12. The molecule has 0 saturated heterocycles. The molecule has 0 spiro atoms. The molecule has 0 radical (unpaired) electrons. The van der Waals surface area contributed by atoms with Gasteiger partial charge in [0.25, 0.3) is 0 Å². The monoisotopic (exact) mass is 356 g/mol. The third-order valence-corrected chi connectivity index (χ3v) is 3.96. The van der Waals surface area contributed by atoms with Gasteiger partial charge in [0.2, 0.25) is 5.88 Å². The van der Waals surface area contributed by atoms with Crippen molar-refractivity contribution in [3.63, 3.8) is 0 Å². The van der Waals surface area contributed by atoms with Crippen LogP contribution in [0.5, 0.6) is 11.6 Å². The molecule has 1 heterocycles. The van der Waals surface area contributed by atoms with Crippen molar-refractivity contribution in [1.82, 2.24) is 9.97 Å². The molecule has 0 N–H and O–H groups in total. The van der Waals surface area contributed by atoms with Gasteiger partial charge in [-0.3, -0.25) is 0 Å². The first-order valence-electron chi connectivity index (χ1n) is 6.21. The fourth-order valence-electron chi connectivity index (χ4n) is 1.77. The Bertz CT molecular complexity index is 676. The quantitative estimate of drug-likeness (QED) is 0.724. The van der Waals surface area contributed by atoms with Gasteiger partial charge in [0.1, 0.15) is 11.0 Å². The van der Waals surface area contributed by atoms with E-state index >= 15 is 0 Å². The summed E-state index contributed by atoms with van der Waals surface area (Å²) in [5.74, 6) is 1.00. The zero-order valence-electron chi connectivity index (χ0n) is 10.7. The van der Waals surface area contributed by atoms with Crippen LogP contribution >= 0.6 is 27.5 Å². The summed E-state index contributed by atoms with van der Waals surface area (Å²) in [5.41, 5.74) is 0.610. The maximum atomic E-state index is 13.8. The van der Waals surface area contributed by atoms with E-state index < -0.39 is 5.82 Å². The topological polar surface area (TPSA) is 35.0 Å². The van der Waals surface area contributed by atoms with Gasteiger partial charge in [0.05, 0.1) is 0 Å². The summed E-state index contributed by atoms with van der Waals surface area (Å²) < 4.78 is 20.0. The third kappa shape index (κ3) is 2.79. The molecule has 0 amide bonds. The minimum Gasteiger partial charge on any atom is -0.435 e. The molecule has 1 fully saturated rings. The summed E-state index contributed by atoms with van der Waals surface area (Å²) >= 11 is 9.29. The maximum Gasteiger partial charge on any atom is 0.227 e. The van der Waals surface area contributed by atoms with Gasteiger partial charge in [-0.15, -0.1) is 0 Å². The van der Waals surface area contributed by atoms with Crippen molar-refractivity contribution in [2.75, 3.05) is 0 Å². The molecule has 0 unspecified atom stereocenters. The fourth-order valence-corrected chi connectivity index (χ4v) is 2.27. The van der Waals surface area contributed by atoms with E-state index in [1.807, 2.05) is 0 Å². The smallest absolute Gasteiger partial charge is 0.227 e. The van der Waals surface area contributed by atoms with Crippen molar-refractivity contribution < 1.29 is 9.13 Å². The highest BCUT2D eigenvalue weighted by Crippen LogP contribution is 2.40. The molecule has 2 aromatic rings. The molecule has 0 bridgehead atoms. The highest BCUT2D eigenvalue weighted by Gasteiger charge is 2.28. The molecule has 104 valence electrons. The van der Waals surface area contributed by atoms with Crippen molar-refractivity contribution in [3.05, 3.63) is 45.0 Å². The zero-order chi connectivity index (χ0) is 14.3. The molecule has 1 aliphatic rings. The van der Waals surface area contributed by atoms with Gasteiger partial charge in [0.15, 0.2) is 11.6 Å². The van der Waals surface area contributed by atoms with Gasteiger partial charge >= 0.3 is 0 Å². The Hall–Kier alpha value is -1.20. The average molecular weight is 358 g/mol. The SMILES string of the molecule is Cc1c(Cl)nc(C2CC2)nc1Oc1ccc(Br)cc1F. The standard InChI is InChI=1S/C14H11BrClFN2O/c1-7-12(16)18-13(8-2-3-8)19-14(7)20-11-5-4-9(15)6-10(11)17/h4-6,8H,2-3H2,1H3. The molecule has 3 nitrogen and oxygen atoms in total. The lowest BCUT2D eigenvalue weighted by Crippen LogP contribution is -2.00. The fraction of sp³-hybridized carbons (Fsp3) is 0.286. The molecule has 0 aliphatic heterocycles. The number of aromatic nitrogens is 2. The number of benzene rings is 1. The van der Waals surface area contributed by atoms with Crippen LogP contribution in [0, 0.1) is 12.7 Å². The summed E-state index contributed by atoms with van der Waals surface area (Å²) in [7, 11) is 0. The second kappa shape index (κ2) is 5.30. The molecule has 6 heteroatoms. The Balaban J connectivity index is 1.97. The van der Waals surface area contributed by atoms with Crippen molar-refractivity contribution >= 4 is 27.5 Å². The summed E-state index contributed by atoms with van der Waals surface area (Å²) in [4.78, 5) is 8.60. The van der Waals surface area contributed by atoms with Gasteiger partial charge in [0, 0.05) is 16.0 Å². The first kappa shape index (κ1) is 13.8. The van der Waals surface area contributed by atoms with Crippen molar-refractivity contribution in [2.45, 2.75) is 25.7 Å². The average Bonchev–Trinajstić information content (AvgIpc) is 3.22. The number of ether oxygens (including phenoxy) is 1. The van der Waals surface area contributed by atoms with Crippen LogP contribution in [0.4, 0.5) is 4.39 Å². The van der Waals surface area contributed by atoms with E-state index in [2.05, 4.69) is 25.9 Å². The van der Waals surface area contributed by atoms with Gasteiger partial charge < -0.3 is 4.74 Å². The summed E-state index contributed by atoms with van der Waals surface area (Å²) in [6, 6.07) is 4.60. The molecular weight excluding hydrogens is 347 g/mol. The van der Waals surface area contributed by atoms with E-state index in [4.69, 9.17) is 16.3 Å². The van der Waals surface area contributed by atoms with Gasteiger partial charge in [-0.25, -0.2) is 9.37 Å². The van der Waals surface area contributed by atoms with E-state index in [9.17, 15) is 4.39 Å². The predicted octanol–water partition coefficient (Wildman–Crippen LogP) is 5.01. The second-order valence-electron chi connectivity index (χ2n) is 4.75. The first-order valence-corrected chi connectivity index (χ1v) is 7.38. The van der Waals surface area contributed by atoms with E-state index in [-0.39, 0.29) is 5.75 Å². The Morgan fingerprint density at radius 3 is 2.75 bits per heavy atom. The van der Waals surface area contributed by atoms with Gasteiger partial charge in [-0.2, -0.15) is 4.98 Å². The van der Waals surface area contributed by atoms with Crippen molar-refractivity contribution in [2.24, 2.45) is 0 Å². The molecule has 3 rings (SSSR count). The Labute approximate surface area is 129 Å². The minimum absolute atomic E-state index is 0.118. The maximum absolute atomic E-state index is 13.8. The van der Waals surface area contributed by atoms with E-state index in [0.29, 0.717) is 32.8 Å². The normalized spacial score (nSPS) is 14.4. The van der Waals surface area contributed by atoms with E-state index in [1.165, 1.54) is 6.07 Å². The molecule has 1 aromatic heterocycles. The van der Waals surface area contributed by atoms with Crippen LogP contribution in [-0.4, -0.2) is 9.97 Å².